The molecular formula is C24H46O4Si. The molecule has 0 aromatic heterocycles. The number of unbranched alkanes of at least 4 members (excludes halogenated alkanes) is 4. The van der Waals surface area contributed by atoms with Crippen LogP contribution in [0.3, 0.4) is 0 Å². The minimum Gasteiger partial charge on any atom is -0.516 e. The van der Waals surface area contributed by atoms with Crippen LogP contribution < -0.4 is 0 Å². The molecule has 0 heterocycles. The van der Waals surface area contributed by atoms with Crippen LogP contribution in [0, 0.1) is 5.92 Å². The summed E-state index contributed by atoms with van der Waals surface area (Å²) in [5.41, 5.74) is 0. The van der Waals surface area contributed by atoms with Crippen molar-refractivity contribution in [3.63, 3.8) is 0 Å². The molecule has 1 atom stereocenters. The van der Waals surface area contributed by atoms with Crippen LogP contribution in [0.1, 0.15) is 98.8 Å². The van der Waals surface area contributed by atoms with Crippen LogP contribution in [0.25, 0.3) is 0 Å². The van der Waals surface area contributed by atoms with E-state index in [4.69, 9.17) is 9.16 Å². The van der Waals surface area contributed by atoms with E-state index in [2.05, 4.69) is 34.6 Å². The molecule has 0 amide bonds. The largest absolute Gasteiger partial charge is 0.516 e. The molecule has 4 nitrogen and oxygen atoms in total. The summed E-state index contributed by atoms with van der Waals surface area (Å²) in [7, 11) is -2.10. The fourth-order valence-electron chi connectivity index (χ4n) is 3.55. The van der Waals surface area contributed by atoms with Crippen LogP contribution in [0.4, 0.5) is 0 Å². The molecule has 0 fully saturated rings. The molecule has 0 spiro atoms. The maximum absolute atomic E-state index is 12.5. The summed E-state index contributed by atoms with van der Waals surface area (Å²) in [4.78, 5) is 24.5. The summed E-state index contributed by atoms with van der Waals surface area (Å²) in [5.74, 6) is -0.411. The Bertz CT molecular complexity index is 440. The number of carbonyl (C=O) groups excluding carboxylic acids is 2. The molecule has 0 aliphatic rings. The highest BCUT2D eigenvalue weighted by atomic mass is 28.4. The molecular weight excluding hydrogens is 380 g/mol. The minimum atomic E-state index is -2.10. The lowest BCUT2D eigenvalue weighted by Crippen LogP contribution is -2.40. The first-order valence-electron chi connectivity index (χ1n) is 12.0. The van der Waals surface area contributed by atoms with Gasteiger partial charge >= 0.3 is 11.9 Å². The Morgan fingerprint density at radius 1 is 0.759 bits per heavy atom. The van der Waals surface area contributed by atoms with Gasteiger partial charge in [-0.15, -0.1) is 0 Å². The number of rotatable bonds is 18. The first-order valence-corrected chi connectivity index (χ1v) is 14.6. The SMILES string of the molecule is CCCCC(CC)COC(=O)/C=C/C(=O)O[Si](CCCC)(CCCC)CCCC. The van der Waals surface area contributed by atoms with Crippen LogP contribution >= 0.6 is 0 Å². The molecule has 0 aliphatic heterocycles. The Morgan fingerprint density at radius 3 is 1.69 bits per heavy atom. The summed E-state index contributed by atoms with van der Waals surface area (Å²) in [6.45, 7) is 11.3. The molecule has 170 valence electrons. The van der Waals surface area contributed by atoms with Crippen molar-refractivity contribution in [2.75, 3.05) is 6.61 Å². The molecule has 0 radical (unpaired) electrons. The highest BCUT2D eigenvalue weighted by Gasteiger charge is 2.36. The van der Waals surface area contributed by atoms with Crippen molar-refractivity contribution >= 4 is 20.3 Å². The fraction of sp³-hybridized carbons (Fsp3) is 0.833. The van der Waals surface area contributed by atoms with E-state index < -0.39 is 14.3 Å². The molecule has 0 saturated carbocycles. The quantitative estimate of drug-likeness (QED) is 0.132. The predicted molar refractivity (Wildman–Crippen MR) is 124 cm³/mol. The summed E-state index contributed by atoms with van der Waals surface area (Å²) < 4.78 is 11.4. The van der Waals surface area contributed by atoms with Gasteiger partial charge in [0.05, 0.1) is 6.61 Å². The lowest BCUT2D eigenvalue weighted by molar-refractivity contribution is -0.139. The lowest BCUT2D eigenvalue weighted by Gasteiger charge is -2.31. The summed E-state index contributed by atoms with van der Waals surface area (Å²) in [5, 5.41) is 0. The van der Waals surface area contributed by atoms with Crippen molar-refractivity contribution in [2.45, 2.75) is 117 Å². The maximum atomic E-state index is 12.5. The Hall–Kier alpha value is -1.10. The third kappa shape index (κ3) is 13.7. The van der Waals surface area contributed by atoms with Crippen molar-refractivity contribution in [3.05, 3.63) is 12.2 Å². The molecule has 0 aromatic carbocycles. The molecule has 5 heteroatoms. The second-order valence-electron chi connectivity index (χ2n) is 8.29. The zero-order chi connectivity index (χ0) is 22.0. The topological polar surface area (TPSA) is 52.6 Å². The van der Waals surface area contributed by atoms with Crippen molar-refractivity contribution in [2.24, 2.45) is 5.92 Å². The van der Waals surface area contributed by atoms with Crippen LogP contribution in [0.2, 0.25) is 18.1 Å². The monoisotopic (exact) mass is 426 g/mol. The predicted octanol–water partition coefficient (Wildman–Crippen LogP) is 7.19. The van der Waals surface area contributed by atoms with Crippen molar-refractivity contribution in [1.29, 1.82) is 0 Å². The first kappa shape index (κ1) is 27.9. The Balaban J connectivity index is 4.81. The Labute approximate surface area is 180 Å². The van der Waals surface area contributed by atoms with Crippen LogP contribution in [0.5, 0.6) is 0 Å². The minimum absolute atomic E-state index is 0.366. The molecule has 0 aromatic rings. The third-order valence-corrected chi connectivity index (χ3v) is 10.1. The van der Waals surface area contributed by atoms with Gasteiger partial charge in [0.15, 0.2) is 0 Å². The van der Waals surface area contributed by atoms with E-state index in [9.17, 15) is 9.59 Å². The molecule has 29 heavy (non-hydrogen) atoms. The van der Waals surface area contributed by atoms with Crippen LogP contribution in [0.15, 0.2) is 12.2 Å². The smallest absolute Gasteiger partial charge is 0.331 e. The third-order valence-electron chi connectivity index (χ3n) is 5.64. The van der Waals surface area contributed by atoms with E-state index in [-0.39, 0.29) is 5.97 Å². The van der Waals surface area contributed by atoms with E-state index in [0.717, 1.165) is 82.3 Å². The number of hydrogen-bond acceptors (Lipinski definition) is 4. The normalized spacial score (nSPS) is 12.9. The van der Waals surface area contributed by atoms with Gasteiger partial charge in [-0.25, -0.2) is 9.59 Å². The molecule has 0 aliphatic carbocycles. The molecule has 0 rings (SSSR count). The van der Waals surface area contributed by atoms with E-state index in [1.165, 1.54) is 12.2 Å². The van der Waals surface area contributed by atoms with Crippen molar-refractivity contribution in [1.82, 2.24) is 0 Å². The zero-order valence-electron chi connectivity index (χ0n) is 19.8. The van der Waals surface area contributed by atoms with Crippen molar-refractivity contribution in [3.8, 4) is 0 Å². The molecule has 1 unspecified atom stereocenters. The van der Waals surface area contributed by atoms with Gasteiger partial charge in [-0.1, -0.05) is 92.4 Å². The summed E-state index contributed by atoms with van der Waals surface area (Å²) in [6.07, 6.45) is 13.6. The van der Waals surface area contributed by atoms with Crippen molar-refractivity contribution < 1.29 is 18.8 Å². The molecule has 0 N–H and O–H groups in total. The van der Waals surface area contributed by atoms with Gasteiger partial charge in [-0.2, -0.15) is 0 Å². The van der Waals surface area contributed by atoms with Gasteiger partial charge in [0.2, 0.25) is 0 Å². The summed E-state index contributed by atoms with van der Waals surface area (Å²) >= 11 is 0. The average Bonchev–Trinajstić information content (AvgIpc) is 2.73. The average molecular weight is 427 g/mol. The fourth-order valence-corrected chi connectivity index (χ4v) is 8.10. The number of ether oxygens (including phenoxy) is 1. The van der Waals surface area contributed by atoms with Gasteiger partial charge in [0, 0.05) is 12.2 Å². The van der Waals surface area contributed by atoms with E-state index in [1.54, 1.807) is 0 Å². The van der Waals surface area contributed by atoms with Gasteiger partial charge in [-0.05, 0) is 30.5 Å². The number of hydrogen-bond donors (Lipinski definition) is 0. The van der Waals surface area contributed by atoms with Gasteiger partial charge in [0.25, 0.3) is 8.32 Å². The lowest BCUT2D eigenvalue weighted by atomic mass is 10.0. The maximum Gasteiger partial charge on any atom is 0.331 e. The molecule has 0 saturated heterocycles. The number of esters is 1. The number of carbonyl (C=O) groups is 2. The van der Waals surface area contributed by atoms with Gasteiger partial charge < -0.3 is 9.16 Å². The Morgan fingerprint density at radius 2 is 1.24 bits per heavy atom. The molecule has 0 bridgehead atoms. The zero-order valence-corrected chi connectivity index (χ0v) is 20.8. The Kier molecular flexibility index (Phi) is 17.1. The van der Waals surface area contributed by atoms with Gasteiger partial charge in [-0.3, -0.25) is 0 Å². The highest BCUT2D eigenvalue weighted by molar-refractivity contribution is 6.75. The van der Waals surface area contributed by atoms with Crippen LogP contribution in [-0.4, -0.2) is 26.9 Å². The second-order valence-corrected chi connectivity index (χ2v) is 12.4. The second kappa shape index (κ2) is 17.7. The standard InChI is InChI=1S/C24H46O4Si/c1-6-11-15-22(10-5)21-27-23(25)16-17-24(26)28-29(18-12-7-2,19-13-8-3)20-14-9-4/h16-17,22H,6-15,18-21H2,1-5H3/b17-16+. The first-order chi connectivity index (χ1) is 14.0. The van der Waals surface area contributed by atoms with E-state index >= 15 is 0 Å². The van der Waals surface area contributed by atoms with Crippen LogP contribution in [-0.2, 0) is 18.8 Å². The van der Waals surface area contributed by atoms with E-state index in [1.807, 2.05) is 0 Å². The van der Waals surface area contributed by atoms with Gasteiger partial charge in [0.1, 0.15) is 0 Å². The van der Waals surface area contributed by atoms with E-state index in [0.29, 0.717) is 12.5 Å². The summed E-state index contributed by atoms with van der Waals surface area (Å²) in [6, 6.07) is 3.09. The highest BCUT2D eigenvalue weighted by Crippen LogP contribution is 2.30.